The summed E-state index contributed by atoms with van der Waals surface area (Å²) in [6.45, 7) is -0.0377. The predicted molar refractivity (Wildman–Crippen MR) is 92.1 cm³/mol. The molecule has 1 N–H and O–H groups in total. The minimum Gasteiger partial charge on any atom is -0.460 e. The van der Waals surface area contributed by atoms with Gasteiger partial charge in [0.05, 0.1) is 11.6 Å². The number of fused-ring (bicyclic) bond motifs is 2. The zero-order chi connectivity index (χ0) is 17.6. The molecule has 25 heavy (non-hydrogen) atoms. The highest BCUT2D eigenvalue weighted by Crippen LogP contribution is 2.27. The number of halogens is 2. The highest BCUT2D eigenvalue weighted by molar-refractivity contribution is 7.89. The largest absolute Gasteiger partial charge is 0.460 e. The van der Waals surface area contributed by atoms with Crippen LogP contribution in [0.2, 0.25) is 10.0 Å². The maximum Gasteiger partial charge on any atom is 0.243 e. The van der Waals surface area contributed by atoms with Crippen LogP contribution in [0.25, 0.3) is 22.0 Å². The molecule has 2 heterocycles. The quantitative estimate of drug-likeness (QED) is 0.562. The Kier molecular flexibility index (Phi) is 3.92. The lowest BCUT2D eigenvalue weighted by Gasteiger charge is -2.05. The second kappa shape index (κ2) is 5.99. The molecule has 0 aliphatic rings. The standard InChI is InChI=1S/C15H9Cl2N3O4S/c16-9-1-3-12-8(5-9)6-10(23-12)7-18-25(21,22)13-4-2-11(17)14-15(13)20-24-19-14/h1-6,18H,7H2. The topological polar surface area (TPSA) is 98.2 Å². The molecule has 2 aromatic heterocycles. The molecule has 0 unspecified atom stereocenters. The van der Waals surface area contributed by atoms with E-state index < -0.39 is 10.0 Å². The Morgan fingerprint density at radius 3 is 2.68 bits per heavy atom. The van der Waals surface area contributed by atoms with E-state index in [9.17, 15) is 8.42 Å². The summed E-state index contributed by atoms with van der Waals surface area (Å²) in [6.07, 6.45) is 0. The maximum atomic E-state index is 12.6. The second-order valence-corrected chi connectivity index (χ2v) is 7.81. The average molecular weight is 398 g/mol. The zero-order valence-corrected chi connectivity index (χ0v) is 14.7. The Bertz CT molecular complexity index is 1200. The number of hydrogen-bond donors (Lipinski definition) is 1. The molecular weight excluding hydrogens is 389 g/mol. The van der Waals surface area contributed by atoms with Gasteiger partial charge in [-0.3, -0.25) is 0 Å². The molecule has 2 aromatic carbocycles. The van der Waals surface area contributed by atoms with E-state index in [1.54, 1.807) is 24.3 Å². The summed E-state index contributed by atoms with van der Waals surface area (Å²) >= 11 is 11.9. The van der Waals surface area contributed by atoms with Crippen LogP contribution in [0.15, 0.2) is 50.3 Å². The van der Waals surface area contributed by atoms with Crippen molar-refractivity contribution in [3.8, 4) is 0 Å². The van der Waals surface area contributed by atoms with Crippen molar-refractivity contribution >= 4 is 55.2 Å². The Labute approximate surface area is 151 Å². The van der Waals surface area contributed by atoms with Crippen LogP contribution in [0.1, 0.15) is 5.76 Å². The molecule has 128 valence electrons. The van der Waals surface area contributed by atoms with Crippen molar-refractivity contribution in [1.29, 1.82) is 0 Å². The highest BCUT2D eigenvalue weighted by atomic mass is 35.5. The second-order valence-electron chi connectivity index (χ2n) is 5.23. The summed E-state index contributed by atoms with van der Waals surface area (Å²) in [5, 5.41) is 8.84. The van der Waals surface area contributed by atoms with Gasteiger partial charge in [0.25, 0.3) is 0 Å². The van der Waals surface area contributed by atoms with Gasteiger partial charge in [-0.05, 0) is 46.7 Å². The number of benzene rings is 2. The minimum absolute atomic E-state index is 0.0377. The number of sulfonamides is 1. The van der Waals surface area contributed by atoms with Crippen molar-refractivity contribution in [2.24, 2.45) is 0 Å². The molecule has 0 atom stereocenters. The van der Waals surface area contributed by atoms with E-state index in [0.717, 1.165) is 5.39 Å². The third kappa shape index (κ3) is 2.98. The van der Waals surface area contributed by atoms with Crippen LogP contribution in [0.5, 0.6) is 0 Å². The summed E-state index contributed by atoms with van der Waals surface area (Å²) in [5.74, 6) is 0.448. The Morgan fingerprint density at radius 1 is 1.04 bits per heavy atom. The first-order valence-corrected chi connectivity index (χ1v) is 9.26. The van der Waals surface area contributed by atoms with Crippen molar-refractivity contribution in [1.82, 2.24) is 15.0 Å². The van der Waals surface area contributed by atoms with Crippen LogP contribution < -0.4 is 4.72 Å². The van der Waals surface area contributed by atoms with Crippen LogP contribution in [0, 0.1) is 0 Å². The van der Waals surface area contributed by atoms with Gasteiger partial charge in [-0.15, -0.1) is 0 Å². The van der Waals surface area contributed by atoms with Gasteiger partial charge in [0, 0.05) is 10.4 Å². The van der Waals surface area contributed by atoms with Crippen molar-refractivity contribution in [2.75, 3.05) is 0 Å². The number of rotatable bonds is 4. The molecule has 0 saturated heterocycles. The van der Waals surface area contributed by atoms with Crippen molar-refractivity contribution in [3.05, 3.63) is 52.2 Å². The van der Waals surface area contributed by atoms with Crippen molar-refractivity contribution in [3.63, 3.8) is 0 Å². The molecule has 0 aliphatic heterocycles. The van der Waals surface area contributed by atoms with Gasteiger partial charge < -0.3 is 4.42 Å². The van der Waals surface area contributed by atoms with Crippen molar-refractivity contribution < 1.29 is 17.5 Å². The number of hydrogen-bond acceptors (Lipinski definition) is 6. The molecule has 0 spiro atoms. The molecule has 0 radical (unpaired) electrons. The van der Waals surface area contributed by atoms with Crippen LogP contribution in [0.3, 0.4) is 0 Å². The molecule has 4 rings (SSSR count). The first kappa shape index (κ1) is 16.3. The molecule has 7 nitrogen and oxygen atoms in total. The van der Waals surface area contributed by atoms with Gasteiger partial charge in [-0.2, -0.15) is 0 Å². The molecule has 0 bridgehead atoms. The molecule has 0 aliphatic carbocycles. The van der Waals surface area contributed by atoms with Crippen molar-refractivity contribution in [2.45, 2.75) is 11.4 Å². The highest BCUT2D eigenvalue weighted by Gasteiger charge is 2.22. The van der Waals surface area contributed by atoms with E-state index in [-0.39, 0.29) is 27.5 Å². The molecule has 10 heteroatoms. The van der Waals surface area contributed by atoms with Gasteiger partial charge in [0.1, 0.15) is 16.2 Å². The van der Waals surface area contributed by atoms with Crippen LogP contribution in [-0.2, 0) is 16.6 Å². The number of nitrogens with one attached hydrogen (secondary N) is 1. The van der Waals surface area contributed by atoms with Gasteiger partial charge in [-0.25, -0.2) is 17.8 Å². The summed E-state index contributed by atoms with van der Waals surface area (Å²) < 4.78 is 37.8. The fraction of sp³-hybridized carbons (Fsp3) is 0.0667. The SMILES string of the molecule is O=S(=O)(NCc1cc2cc(Cl)ccc2o1)c1ccc(Cl)c2nonc12. The fourth-order valence-corrected chi connectivity index (χ4v) is 3.92. The summed E-state index contributed by atoms with van der Waals surface area (Å²) in [5.41, 5.74) is 0.868. The van der Waals surface area contributed by atoms with E-state index in [1.165, 1.54) is 12.1 Å². The summed E-state index contributed by atoms with van der Waals surface area (Å²) in [6, 6.07) is 9.64. The molecule has 4 aromatic rings. The van der Waals surface area contributed by atoms with E-state index in [1.807, 2.05) is 0 Å². The third-order valence-corrected chi connectivity index (χ3v) is 5.56. The van der Waals surface area contributed by atoms with Gasteiger partial charge in [0.2, 0.25) is 10.0 Å². The van der Waals surface area contributed by atoms with E-state index in [0.29, 0.717) is 16.4 Å². The molecule has 0 saturated carbocycles. The Hall–Kier alpha value is -2.13. The predicted octanol–water partition coefficient (Wildman–Crippen LogP) is 3.75. The smallest absolute Gasteiger partial charge is 0.243 e. The van der Waals surface area contributed by atoms with Crippen LogP contribution in [-0.4, -0.2) is 18.7 Å². The molecule has 0 amide bonds. The lowest BCUT2D eigenvalue weighted by Crippen LogP contribution is -2.23. The first-order chi connectivity index (χ1) is 11.9. The third-order valence-electron chi connectivity index (χ3n) is 3.58. The molecular formula is C15H9Cl2N3O4S. The van der Waals surface area contributed by atoms with E-state index >= 15 is 0 Å². The van der Waals surface area contributed by atoms with Gasteiger partial charge in [0.15, 0.2) is 11.0 Å². The summed E-state index contributed by atoms with van der Waals surface area (Å²) in [4.78, 5) is -0.0766. The van der Waals surface area contributed by atoms with Gasteiger partial charge in [-0.1, -0.05) is 23.2 Å². The molecule has 0 fully saturated rings. The Morgan fingerprint density at radius 2 is 1.84 bits per heavy atom. The normalized spacial score (nSPS) is 12.2. The Balaban J connectivity index is 1.64. The zero-order valence-electron chi connectivity index (χ0n) is 12.4. The average Bonchev–Trinajstić information content (AvgIpc) is 3.19. The van der Waals surface area contributed by atoms with E-state index in [2.05, 4.69) is 19.7 Å². The fourth-order valence-electron chi connectivity index (χ4n) is 2.43. The number of furan rings is 1. The summed E-state index contributed by atoms with van der Waals surface area (Å²) in [7, 11) is -3.87. The maximum absolute atomic E-state index is 12.6. The van der Waals surface area contributed by atoms with Gasteiger partial charge >= 0.3 is 0 Å². The van der Waals surface area contributed by atoms with E-state index in [4.69, 9.17) is 27.6 Å². The lowest BCUT2D eigenvalue weighted by molar-refractivity contribution is 0.315. The lowest BCUT2D eigenvalue weighted by atomic mass is 10.2. The monoisotopic (exact) mass is 397 g/mol. The first-order valence-electron chi connectivity index (χ1n) is 7.02. The van der Waals surface area contributed by atoms with Crippen LogP contribution >= 0.6 is 23.2 Å². The van der Waals surface area contributed by atoms with Crippen LogP contribution in [0.4, 0.5) is 0 Å². The number of nitrogens with zero attached hydrogens (tertiary/aromatic N) is 2. The number of aromatic nitrogens is 2. The minimum atomic E-state index is -3.87.